The first kappa shape index (κ1) is 17.3. The van der Waals surface area contributed by atoms with E-state index in [9.17, 15) is 9.90 Å². The van der Waals surface area contributed by atoms with E-state index in [1.54, 1.807) is 30.6 Å². The van der Waals surface area contributed by atoms with E-state index in [1.807, 2.05) is 10.6 Å². The van der Waals surface area contributed by atoms with E-state index < -0.39 is 6.10 Å². The summed E-state index contributed by atoms with van der Waals surface area (Å²) in [5.41, 5.74) is 1.66. The third-order valence-electron chi connectivity index (χ3n) is 5.76. The number of nitrogens with zero attached hydrogens (tertiary/aromatic N) is 4. The number of aromatic nitrogens is 4. The molecule has 1 saturated carbocycles. The molecule has 2 fully saturated rings. The predicted octanol–water partition coefficient (Wildman–Crippen LogP) is 2.53. The van der Waals surface area contributed by atoms with E-state index in [4.69, 9.17) is 4.74 Å². The molecule has 144 valence electrons. The standard InChI is InChI=1S/C20H21N5O3/c1-20(7-8-20)16-13(26)9-14(28-16)25-11-23-15-17(21-10-22-18(15)25)24-19(27)12-5-3-2-4-6-12/h2-6,10-11,13-14,16,26H,7-9H2,1H3,(H,21,22,24,27)/t13-,14-,16+/m1/s1. The molecule has 3 atom stereocenters. The first-order valence-corrected chi connectivity index (χ1v) is 9.43. The molecular weight excluding hydrogens is 358 g/mol. The second kappa shape index (κ2) is 6.35. The second-order valence-electron chi connectivity index (χ2n) is 7.83. The van der Waals surface area contributed by atoms with Gasteiger partial charge in [0.1, 0.15) is 12.6 Å². The molecule has 0 spiro atoms. The summed E-state index contributed by atoms with van der Waals surface area (Å²) in [5.74, 6) is 0.0891. The zero-order chi connectivity index (χ0) is 19.3. The Bertz CT molecular complexity index is 1030. The molecule has 28 heavy (non-hydrogen) atoms. The predicted molar refractivity (Wildman–Crippen MR) is 102 cm³/mol. The van der Waals surface area contributed by atoms with Crippen molar-refractivity contribution in [2.45, 2.75) is 44.6 Å². The first-order valence-electron chi connectivity index (χ1n) is 9.43. The zero-order valence-corrected chi connectivity index (χ0v) is 15.4. The van der Waals surface area contributed by atoms with Crippen molar-refractivity contribution >= 4 is 22.9 Å². The minimum absolute atomic E-state index is 0.0638. The Hall–Kier alpha value is -2.84. The lowest BCUT2D eigenvalue weighted by Crippen LogP contribution is -2.29. The maximum atomic E-state index is 12.5. The number of amides is 1. The van der Waals surface area contributed by atoms with Gasteiger partial charge in [-0.1, -0.05) is 25.1 Å². The summed E-state index contributed by atoms with van der Waals surface area (Å²) in [7, 11) is 0. The van der Waals surface area contributed by atoms with E-state index in [1.165, 1.54) is 6.33 Å². The number of nitrogens with one attached hydrogen (secondary N) is 1. The number of aliphatic hydroxyl groups is 1. The molecule has 3 heterocycles. The highest BCUT2D eigenvalue weighted by Gasteiger charge is 2.53. The minimum Gasteiger partial charge on any atom is -0.390 e. The number of carbonyl (C=O) groups is 1. The normalized spacial score (nSPS) is 25.7. The molecule has 0 bridgehead atoms. The van der Waals surface area contributed by atoms with Crippen molar-refractivity contribution in [3.63, 3.8) is 0 Å². The molecule has 1 aliphatic heterocycles. The molecule has 8 heteroatoms. The van der Waals surface area contributed by atoms with Gasteiger partial charge in [0.2, 0.25) is 0 Å². The van der Waals surface area contributed by atoms with Crippen LogP contribution in [0.25, 0.3) is 11.2 Å². The van der Waals surface area contributed by atoms with Crippen molar-refractivity contribution in [2.24, 2.45) is 5.41 Å². The summed E-state index contributed by atoms with van der Waals surface area (Å²) in [6.45, 7) is 2.15. The monoisotopic (exact) mass is 379 g/mol. The average Bonchev–Trinajstić information content (AvgIpc) is 3.13. The van der Waals surface area contributed by atoms with Gasteiger partial charge >= 0.3 is 0 Å². The molecule has 2 aliphatic rings. The van der Waals surface area contributed by atoms with Gasteiger partial charge in [-0.05, 0) is 30.4 Å². The van der Waals surface area contributed by atoms with E-state index in [-0.39, 0.29) is 23.7 Å². The number of benzene rings is 1. The number of fused-ring (bicyclic) bond motifs is 1. The number of anilines is 1. The topological polar surface area (TPSA) is 102 Å². The second-order valence-corrected chi connectivity index (χ2v) is 7.83. The van der Waals surface area contributed by atoms with Gasteiger partial charge in [0.05, 0.1) is 18.5 Å². The van der Waals surface area contributed by atoms with Gasteiger partial charge in [0.25, 0.3) is 5.91 Å². The van der Waals surface area contributed by atoms with Crippen LogP contribution >= 0.6 is 0 Å². The van der Waals surface area contributed by atoms with Crippen LogP contribution < -0.4 is 5.32 Å². The number of carbonyl (C=O) groups excluding carboxylic acids is 1. The van der Waals surface area contributed by atoms with E-state index in [2.05, 4.69) is 27.2 Å². The summed E-state index contributed by atoms with van der Waals surface area (Å²) in [5, 5.41) is 13.3. The highest BCUT2D eigenvalue weighted by Crippen LogP contribution is 2.54. The minimum atomic E-state index is -0.506. The van der Waals surface area contributed by atoms with Crippen LogP contribution in [0, 0.1) is 5.41 Å². The highest BCUT2D eigenvalue weighted by molar-refractivity contribution is 6.06. The lowest BCUT2D eigenvalue weighted by Gasteiger charge is -2.21. The fourth-order valence-corrected chi connectivity index (χ4v) is 3.86. The highest BCUT2D eigenvalue weighted by atomic mass is 16.5. The Labute approximate surface area is 161 Å². The maximum absolute atomic E-state index is 12.5. The number of ether oxygens (including phenoxy) is 1. The van der Waals surface area contributed by atoms with Crippen LogP contribution in [0.5, 0.6) is 0 Å². The van der Waals surface area contributed by atoms with Crippen LogP contribution in [-0.2, 0) is 4.74 Å². The molecule has 0 unspecified atom stereocenters. The molecule has 1 saturated heterocycles. The molecule has 1 aromatic carbocycles. The number of imidazole rings is 1. The van der Waals surface area contributed by atoms with Crippen molar-refractivity contribution in [2.75, 3.05) is 5.32 Å². The fraction of sp³-hybridized carbons (Fsp3) is 0.400. The van der Waals surface area contributed by atoms with Gasteiger partial charge < -0.3 is 15.2 Å². The molecule has 1 aliphatic carbocycles. The van der Waals surface area contributed by atoms with Crippen molar-refractivity contribution in [3.8, 4) is 0 Å². The zero-order valence-electron chi connectivity index (χ0n) is 15.4. The summed E-state index contributed by atoms with van der Waals surface area (Å²) >= 11 is 0. The van der Waals surface area contributed by atoms with Gasteiger partial charge in [-0.3, -0.25) is 9.36 Å². The molecule has 3 aromatic rings. The van der Waals surface area contributed by atoms with Gasteiger partial charge in [0, 0.05) is 12.0 Å². The third kappa shape index (κ3) is 2.85. The number of aliphatic hydroxyl groups excluding tert-OH is 1. The maximum Gasteiger partial charge on any atom is 0.256 e. The van der Waals surface area contributed by atoms with E-state index in [0.717, 1.165) is 12.8 Å². The Morgan fingerprint density at radius 3 is 2.79 bits per heavy atom. The molecule has 1 amide bonds. The molecule has 2 N–H and O–H groups in total. The van der Waals surface area contributed by atoms with Crippen LogP contribution in [0.2, 0.25) is 0 Å². The lowest BCUT2D eigenvalue weighted by molar-refractivity contribution is -0.0518. The molecule has 2 aromatic heterocycles. The lowest BCUT2D eigenvalue weighted by atomic mass is 9.97. The number of hydrogen-bond donors (Lipinski definition) is 2. The average molecular weight is 379 g/mol. The number of hydrogen-bond acceptors (Lipinski definition) is 6. The summed E-state index contributed by atoms with van der Waals surface area (Å²) in [6.07, 6.45) is 4.65. The van der Waals surface area contributed by atoms with Crippen molar-refractivity contribution < 1.29 is 14.6 Å². The Morgan fingerprint density at radius 1 is 1.25 bits per heavy atom. The third-order valence-corrected chi connectivity index (χ3v) is 5.76. The van der Waals surface area contributed by atoms with Crippen LogP contribution in [0.4, 0.5) is 5.82 Å². The molecule has 0 radical (unpaired) electrons. The quantitative estimate of drug-likeness (QED) is 0.722. The van der Waals surface area contributed by atoms with Crippen LogP contribution in [0.15, 0.2) is 43.0 Å². The van der Waals surface area contributed by atoms with Crippen molar-refractivity contribution in [1.29, 1.82) is 0 Å². The van der Waals surface area contributed by atoms with Crippen molar-refractivity contribution in [3.05, 3.63) is 48.5 Å². The van der Waals surface area contributed by atoms with Gasteiger partial charge in [0.15, 0.2) is 17.0 Å². The smallest absolute Gasteiger partial charge is 0.256 e. The number of rotatable bonds is 4. The largest absolute Gasteiger partial charge is 0.390 e. The van der Waals surface area contributed by atoms with Crippen LogP contribution in [0.1, 0.15) is 42.8 Å². The van der Waals surface area contributed by atoms with Gasteiger partial charge in [-0.15, -0.1) is 0 Å². The van der Waals surface area contributed by atoms with Crippen LogP contribution in [-0.4, -0.2) is 42.7 Å². The van der Waals surface area contributed by atoms with Gasteiger partial charge in [-0.25, -0.2) is 15.0 Å². The SMILES string of the molecule is CC1([C@H]2O[C@@H](n3cnc4c(NC(=O)c5ccccc5)ncnc43)C[C@H]2O)CC1. The van der Waals surface area contributed by atoms with Crippen LogP contribution in [0.3, 0.4) is 0 Å². The van der Waals surface area contributed by atoms with Gasteiger partial charge in [-0.2, -0.15) is 0 Å². The first-order chi connectivity index (χ1) is 13.5. The van der Waals surface area contributed by atoms with E-state index in [0.29, 0.717) is 29.0 Å². The summed E-state index contributed by atoms with van der Waals surface area (Å²) < 4.78 is 7.98. The fourth-order valence-electron chi connectivity index (χ4n) is 3.86. The molecule has 5 rings (SSSR count). The molecular formula is C20H21N5O3. The Morgan fingerprint density at radius 2 is 2.04 bits per heavy atom. The van der Waals surface area contributed by atoms with Crippen molar-refractivity contribution in [1.82, 2.24) is 19.5 Å². The summed E-state index contributed by atoms with van der Waals surface area (Å²) in [6, 6.07) is 8.93. The Balaban J connectivity index is 1.42. The summed E-state index contributed by atoms with van der Waals surface area (Å²) in [4.78, 5) is 25.4. The Kier molecular flexibility index (Phi) is 3.92. The molecule has 8 nitrogen and oxygen atoms in total. The van der Waals surface area contributed by atoms with E-state index >= 15 is 0 Å².